The van der Waals surface area contributed by atoms with Gasteiger partial charge in [-0.25, -0.2) is 0 Å². The van der Waals surface area contributed by atoms with Crippen LogP contribution in [0.3, 0.4) is 0 Å². The summed E-state index contributed by atoms with van der Waals surface area (Å²) < 4.78 is 1.13. The van der Waals surface area contributed by atoms with Crippen molar-refractivity contribution in [2.24, 2.45) is 17.6 Å². The van der Waals surface area contributed by atoms with Crippen molar-refractivity contribution < 1.29 is 0 Å². The second-order valence-corrected chi connectivity index (χ2v) is 4.99. The molecule has 78 valence electrons. The molecule has 1 unspecified atom stereocenters. The molecule has 1 aromatic carbocycles. The minimum absolute atomic E-state index is 0.594. The molecule has 1 aromatic rings. The molecule has 0 spiro atoms. The first-order chi connectivity index (χ1) is 6.63. The number of benzene rings is 1. The minimum atomic E-state index is 0.594. The Labute approximate surface area is 94.8 Å². The number of rotatable bonds is 4. The normalized spacial score (nSPS) is 13.2. The Morgan fingerprint density at radius 1 is 1.21 bits per heavy atom. The van der Waals surface area contributed by atoms with Gasteiger partial charge in [0.25, 0.3) is 0 Å². The molecule has 2 N–H and O–H groups in total. The lowest BCUT2D eigenvalue weighted by Crippen LogP contribution is -2.22. The molecule has 0 aliphatic heterocycles. The van der Waals surface area contributed by atoms with E-state index in [1.54, 1.807) is 0 Å². The molecular weight excluding hydrogens is 238 g/mol. The highest BCUT2D eigenvalue weighted by Crippen LogP contribution is 2.18. The molecule has 0 aromatic heterocycles. The van der Waals surface area contributed by atoms with Crippen LogP contribution in [0.4, 0.5) is 0 Å². The highest BCUT2D eigenvalue weighted by Gasteiger charge is 2.11. The molecule has 0 heterocycles. The van der Waals surface area contributed by atoms with Gasteiger partial charge in [-0.1, -0.05) is 41.9 Å². The largest absolute Gasteiger partial charge is 0.330 e. The maximum Gasteiger partial charge on any atom is 0.0175 e. The van der Waals surface area contributed by atoms with Gasteiger partial charge in [-0.05, 0) is 42.5 Å². The molecule has 1 atom stereocenters. The molecule has 0 amide bonds. The minimum Gasteiger partial charge on any atom is -0.330 e. The van der Waals surface area contributed by atoms with E-state index in [1.165, 1.54) is 5.56 Å². The number of hydrogen-bond acceptors (Lipinski definition) is 1. The molecular formula is C12H18BrN. The molecule has 1 nitrogen and oxygen atoms in total. The maximum absolute atomic E-state index is 5.74. The summed E-state index contributed by atoms with van der Waals surface area (Å²) in [6, 6.07) is 8.50. The van der Waals surface area contributed by atoms with Gasteiger partial charge in [0.2, 0.25) is 0 Å². The summed E-state index contributed by atoms with van der Waals surface area (Å²) in [5.74, 6) is 1.25. The molecule has 0 aliphatic rings. The SMILES string of the molecule is CC(C)C(CN)Cc1ccc(Br)cc1. The van der Waals surface area contributed by atoms with Gasteiger partial charge >= 0.3 is 0 Å². The fraction of sp³-hybridized carbons (Fsp3) is 0.500. The zero-order valence-electron chi connectivity index (χ0n) is 8.83. The topological polar surface area (TPSA) is 26.0 Å². The summed E-state index contributed by atoms with van der Waals surface area (Å²) >= 11 is 3.43. The Morgan fingerprint density at radius 2 is 1.79 bits per heavy atom. The van der Waals surface area contributed by atoms with E-state index in [-0.39, 0.29) is 0 Å². The second-order valence-electron chi connectivity index (χ2n) is 4.07. The van der Waals surface area contributed by atoms with Crippen LogP contribution in [0, 0.1) is 11.8 Å². The summed E-state index contributed by atoms with van der Waals surface area (Å²) in [6.45, 7) is 5.24. The molecule has 0 radical (unpaired) electrons. The van der Waals surface area contributed by atoms with Crippen molar-refractivity contribution in [3.05, 3.63) is 34.3 Å². The highest BCUT2D eigenvalue weighted by molar-refractivity contribution is 9.10. The molecule has 2 heteroatoms. The number of nitrogens with two attached hydrogens (primary N) is 1. The first-order valence-electron chi connectivity index (χ1n) is 5.08. The van der Waals surface area contributed by atoms with Crippen molar-refractivity contribution >= 4 is 15.9 Å². The van der Waals surface area contributed by atoms with Crippen LogP contribution >= 0.6 is 15.9 Å². The van der Waals surface area contributed by atoms with Crippen molar-refractivity contribution in [3.63, 3.8) is 0 Å². The average molecular weight is 256 g/mol. The third-order valence-corrected chi connectivity index (χ3v) is 3.19. The van der Waals surface area contributed by atoms with E-state index >= 15 is 0 Å². The van der Waals surface area contributed by atoms with Crippen LogP contribution in [-0.2, 0) is 6.42 Å². The first-order valence-corrected chi connectivity index (χ1v) is 5.87. The third-order valence-electron chi connectivity index (χ3n) is 2.66. The number of hydrogen-bond donors (Lipinski definition) is 1. The van der Waals surface area contributed by atoms with E-state index in [2.05, 4.69) is 54.0 Å². The predicted molar refractivity (Wildman–Crippen MR) is 65.2 cm³/mol. The Kier molecular flexibility index (Phi) is 4.63. The highest BCUT2D eigenvalue weighted by atomic mass is 79.9. The standard InChI is InChI=1S/C12H18BrN/c1-9(2)11(8-14)7-10-3-5-12(13)6-4-10/h3-6,9,11H,7-8,14H2,1-2H3. The van der Waals surface area contributed by atoms with Crippen LogP contribution in [0.2, 0.25) is 0 Å². The van der Waals surface area contributed by atoms with Gasteiger partial charge in [0, 0.05) is 4.47 Å². The second kappa shape index (κ2) is 5.52. The van der Waals surface area contributed by atoms with Gasteiger partial charge in [0.1, 0.15) is 0 Å². The quantitative estimate of drug-likeness (QED) is 0.879. The van der Waals surface area contributed by atoms with Crippen LogP contribution < -0.4 is 5.73 Å². The molecule has 14 heavy (non-hydrogen) atoms. The third kappa shape index (κ3) is 3.43. The van der Waals surface area contributed by atoms with E-state index in [0.717, 1.165) is 17.4 Å². The van der Waals surface area contributed by atoms with Crippen LogP contribution in [0.15, 0.2) is 28.7 Å². The van der Waals surface area contributed by atoms with Gasteiger partial charge in [0.05, 0.1) is 0 Å². The van der Waals surface area contributed by atoms with E-state index in [1.807, 2.05) is 0 Å². The van der Waals surface area contributed by atoms with Gasteiger partial charge < -0.3 is 5.73 Å². The summed E-state index contributed by atoms with van der Waals surface area (Å²) in [7, 11) is 0. The summed E-state index contributed by atoms with van der Waals surface area (Å²) in [5, 5.41) is 0. The molecule has 0 saturated heterocycles. The zero-order chi connectivity index (χ0) is 10.6. The van der Waals surface area contributed by atoms with E-state index in [9.17, 15) is 0 Å². The smallest absolute Gasteiger partial charge is 0.0175 e. The van der Waals surface area contributed by atoms with Crippen molar-refractivity contribution in [1.29, 1.82) is 0 Å². The van der Waals surface area contributed by atoms with Crippen LogP contribution in [-0.4, -0.2) is 6.54 Å². The molecule has 0 aliphatic carbocycles. The fourth-order valence-electron chi connectivity index (χ4n) is 1.51. The maximum atomic E-state index is 5.74. The zero-order valence-corrected chi connectivity index (χ0v) is 10.4. The number of halogens is 1. The van der Waals surface area contributed by atoms with Crippen LogP contribution in [0.1, 0.15) is 19.4 Å². The van der Waals surface area contributed by atoms with Crippen LogP contribution in [0.5, 0.6) is 0 Å². The van der Waals surface area contributed by atoms with Gasteiger partial charge in [-0.2, -0.15) is 0 Å². The summed E-state index contributed by atoms with van der Waals surface area (Å²) in [5.41, 5.74) is 7.11. The van der Waals surface area contributed by atoms with E-state index in [4.69, 9.17) is 5.73 Å². The van der Waals surface area contributed by atoms with E-state index < -0.39 is 0 Å². The van der Waals surface area contributed by atoms with Crippen LogP contribution in [0.25, 0.3) is 0 Å². The van der Waals surface area contributed by atoms with Crippen molar-refractivity contribution in [2.45, 2.75) is 20.3 Å². The van der Waals surface area contributed by atoms with E-state index in [0.29, 0.717) is 11.8 Å². The monoisotopic (exact) mass is 255 g/mol. The van der Waals surface area contributed by atoms with Gasteiger partial charge in [0.15, 0.2) is 0 Å². The lowest BCUT2D eigenvalue weighted by atomic mass is 9.89. The predicted octanol–water partition coefficient (Wildman–Crippen LogP) is 3.22. The Bertz CT molecular complexity index is 266. The lowest BCUT2D eigenvalue weighted by Gasteiger charge is -2.18. The summed E-state index contributed by atoms with van der Waals surface area (Å²) in [6.07, 6.45) is 1.08. The van der Waals surface area contributed by atoms with Crippen molar-refractivity contribution in [1.82, 2.24) is 0 Å². The van der Waals surface area contributed by atoms with Gasteiger partial charge in [-0.15, -0.1) is 0 Å². The lowest BCUT2D eigenvalue weighted by molar-refractivity contribution is 0.392. The molecule has 0 bridgehead atoms. The Morgan fingerprint density at radius 3 is 2.21 bits per heavy atom. The first kappa shape index (κ1) is 11.7. The Hall–Kier alpha value is -0.340. The molecule has 0 saturated carbocycles. The fourth-order valence-corrected chi connectivity index (χ4v) is 1.78. The van der Waals surface area contributed by atoms with Gasteiger partial charge in [-0.3, -0.25) is 0 Å². The van der Waals surface area contributed by atoms with Crippen molar-refractivity contribution in [2.75, 3.05) is 6.54 Å². The van der Waals surface area contributed by atoms with Crippen molar-refractivity contribution in [3.8, 4) is 0 Å². The summed E-state index contributed by atoms with van der Waals surface area (Å²) in [4.78, 5) is 0. The molecule has 0 fully saturated rings. The Balaban J connectivity index is 2.63. The molecule has 1 rings (SSSR count). The average Bonchev–Trinajstić information content (AvgIpc) is 2.16.